The van der Waals surface area contributed by atoms with Crippen molar-refractivity contribution in [2.75, 3.05) is 11.9 Å². The van der Waals surface area contributed by atoms with Gasteiger partial charge in [-0.15, -0.1) is 0 Å². The van der Waals surface area contributed by atoms with Crippen LogP contribution in [0.2, 0.25) is 0 Å². The van der Waals surface area contributed by atoms with Crippen molar-refractivity contribution in [1.29, 1.82) is 0 Å². The third-order valence-corrected chi connectivity index (χ3v) is 7.41. The van der Waals surface area contributed by atoms with Crippen LogP contribution in [-0.2, 0) is 14.8 Å². The Morgan fingerprint density at radius 2 is 1.77 bits per heavy atom. The highest BCUT2D eigenvalue weighted by molar-refractivity contribution is 7.89. The summed E-state index contributed by atoms with van der Waals surface area (Å²) in [7, 11) is -3.65. The molecule has 162 valence electrons. The van der Waals surface area contributed by atoms with E-state index in [1.165, 1.54) is 0 Å². The highest BCUT2D eigenvalue weighted by atomic mass is 32.2. The number of carbonyl (C=O) groups excluding carboxylic acids is 1. The number of nitrogens with one attached hydrogen (secondary N) is 2. The molecule has 0 atom stereocenters. The summed E-state index contributed by atoms with van der Waals surface area (Å²) in [5.74, 6) is 0.239. The number of hydrogen-bond donors (Lipinski definition) is 2. The summed E-state index contributed by atoms with van der Waals surface area (Å²) in [6.07, 6.45) is 4.77. The number of anilines is 1. The van der Waals surface area contributed by atoms with Gasteiger partial charge >= 0.3 is 0 Å². The third-order valence-electron chi connectivity index (χ3n) is 5.95. The highest BCUT2D eigenvalue weighted by Crippen LogP contribution is 2.30. The summed E-state index contributed by atoms with van der Waals surface area (Å²) in [6, 6.07) is 16.6. The van der Waals surface area contributed by atoms with Crippen molar-refractivity contribution in [2.45, 2.75) is 37.5 Å². The number of sulfonamides is 1. The Kier molecular flexibility index (Phi) is 6.34. The van der Waals surface area contributed by atoms with Gasteiger partial charge in [0.1, 0.15) is 4.90 Å². The van der Waals surface area contributed by atoms with Crippen LogP contribution in [0.3, 0.4) is 0 Å². The zero-order valence-corrected chi connectivity index (χ0v) is 18.4. The number of pyridine rings is 1. The smallest absolute Gasteiger partial charge is 0.242 e. The van der Waals surface area contributed by atoms with Gasteiger partial charge in [-0.3, -0.25) is 9.78 Å². The molecule has 1 aliphatic rings. The molecule has 3 aromatic rings. The van der Waals surface area contributed by atoms with Crippen LogP contribution in [0.4, 0.5) is 5.69 Å². The Morgan fingerprint density at radius 3 is 2.55 bits per heavy atom. The molecule has 1 heterocycles. The summed E-state index contributed by atoms with van der Waals surface area (Å²) < 4.78 is 28.5. The Morgan fingerprint density at radius 1 is 1.03 bits per heavy atom. The zero-order chi connectivity index (χ0) is 21.8. The lowest BCUT2D eigenvalue weighted by atomic mass is 9.81. The van der Waals surface area contributed by atoms with E-state index in [1.54, 1.807) is 24.4 Å². The fourth-order valence-corrected chi connectivity index (χ4v) is 5.49. The molecular weight excluding hydrogens is 410 g/mol. The van der Waals surface area contributed by atoms with Crippen molar-refractivity contribution in [3.05, 3.63) is 66.4 Å². The first-order valence-electron chi connectivity index (χ1n) is 10.6. The number of carbonyl (C=O) groups is 1. The van der Waals surface area contributed by atoms with Crippen molar-refractivity contribution in [2.24, 2.45) is 11.8 Å². The standard InChI is InChI=1S/C24H27N3O3S/c1-17-5-2-8-21(15-17)27-24(28)20-12-10-18(11-13-20)16-26-31(29,30)22-9-3-6-19-7-4-14-25-23(19)22/h2-9,14-15,18,20,26H,10-13,16H2,1H3,(H,27,28). The molecule has 31 heavy (non-hydrogen) atoms. The maximum atomic E-state index is 12.9. The molecule has 1 amide bonds. The number of hydrogen-bond acceptors (Lipinski definition) is 4. The number of para-hydroxylation sites is 1. The number of benzene rings is 2. The van der Waals surface area contributed by atoms with Gasteiger partial charge in [0.15, 0.2) is 0 Å². The zero-order valence-electron chi connectivity index (χ0n) is 17.5. The van der Waals surface area contributed by atoms with Gasteiger partial charge in [0.2, 0.25) is 15.9 Å². The van der Waals surface area contributed by atoms with E-state index in [9.17, 15) is 13.2 Å². The summed E-state index contributed by atoms with van der Waals surface area (Å²) >= 11 is 0. The monoisotopic (exact) mass is 437 g/mol. The average molecular weight is 438 g/mol. The van der Waals surface area contributed by atoms with Gasteiger partial charge in [0, 0.05) is 29.7 Å². The van der Waals surface area contributed by atoms with E-state index >= 15 is 0 Å². The SMILES string of the molecule is Cc1cccc(NC(=O)C2CCC(CNS(=O)(=O)c3cccc4cccnc34)CC2)c1. The van der Waals surface area contributed by atoms with Crippen LogP contribution in [0.25, 0.3) is 10.9 Å². The molecule has 0 spiro atoms. The van der Waals surface area contributed by atoms with Crippen LogP contribution in [-0.4, -0.2) is 25.9 Å². The minimum Gasteiger partial charge on any atom is -0.326 e. The molecule has 1 fully saturated rings. The van der Waals surface area contributed by atoms with E-state index < -0.39 is 10.0 Å². The number of aromatic nitrogens is 1. The fraction of sp³-hybridized carbons (Fsp3) is 0.333. The first-order valence-corrected chi connectivity index (χ1v) is 12.1. The van der Waals surface area contributed by atoms with Crippen molar-refractivity contribution in [3.8, 4) is 0 Å². The Hall–Kier alpha value is -2.77. The predicted molar refractivity (Wildman–Crippen MR) is 122 cm³/mol. The van der Waals surface area contributed by atoms with E-state index in [-0.39, 0.29) is 22.6 Å². The molecule has 0 aliphatic heterocycles. The van der Waals surface area contributed by atoms with Gasteiger partial charge in [-0.1, -0.05) is 30.3 Å². The summed E-state index contributed by atoms with van der Waals surface area (Å²) in [6.45, 7) is 2.37. The summed E-state index contributed by atoms with van der Waals surface area (Å²) in [5, 5.41) is 3.80. The second-order valence-corrected chi connectivity index (χ2v) is 9.99. The Bertz CT molecular complexity index is 1180. The van der Waals surface area contributed by atoms with Crippen LogP contribution >= 0.6 is 0 Å². The normalized spacial score (nSPS) is 19.3. The molecule has 7 heteroatoms. The predicted octanol–water partition coefficient (Wildman–Crippen LogP) is 4.27. The first kappa shape index (κ1) is 21.5. The fourth-order valence-electron chi connectivity index (χ4n) is 4.19. The highest BCUT2D eigenvalue weighted by Gasteiger charge is 2.28. The molecular formula is C24H27N3O3S. The minimum atomic E-state index is -3.65. The second kappa shape index (κ2) is 9.16. The maximum absolute atomic E-state index is 12.9. The maximum Gasteiger partial charge on any atom is 0.242 e. The van der Waals surface area contributed by atoms with Gasteiger partial charge in [0.25, 0.3) is 0 Å². The molecule has 0 unspecified atom stereocenters. The van der Waals surface area contributed by atoms with Crippen molar-refractivity contribution in [3.63, 3.8) is 0 Å². The van der Waals surface area contributed by atoms with Gasteiger partial charge < -0.3 is 5.32 Å². The number of amides is 1. The number of aryl methyl sites for hydroxylation is 1. The molecule has 1 aliphatic carbocycles. The molecule has 6 nitrogen and oxygen atoms in total. The second-order valence-electron chi connectivity index (χ2n) is 8.26. The van der Waals surface area contributed by atoms with E-state index in [2.05, 4.69) is 15.0 Å². The molecule has 4 rings (SSSR count). The lowest BCUT2D eigenvalue weighted by Gasteiger charge is -2.28. The molecule has 0 radical (unpaired) electrons. The number of nitrogens with zero attached hydrogens (tertiary/aromatic N) is 1. The lowest BCUT2D eigenvalue weighted by molar-refractivity contribution is -0.121. The Labute approximate surface area is 183 Å². The van der Waals surface area contributed by atoms with E-state index in [0.29, 0.717) is 12.1 Å². The van der Waals surface area contributed by atoms with Crippen molar-refractivity contribution in [1.82, 2.24) is 9.71 Å². The largest absolute Gasteiger partial charge is 0.326 e. The molecule has 0 bridgehead atoms. The molecule has 2 aromatic carbocycles. The topological polar surface area (TPSA) is 88.2 Å². The van der Waals surface area contributed by atoms with Crippen LogP contribution in [0.15, 0.2) is 65.7 Å². The van der Waals surface area contributed by atoms with E-state index in [4.69, 9.17) is 0 Å². The van der Waals surface area contributed by atoms with Gasteiger partial charge in [-0.05, 0) is 68.4 Å². The number of rotatable bonds is 6. The van der Waals surface area contributed by atoms with Crippen LogP contribution < -0.4 is 10.0 Å². The molecule has 2 N–H and O–H groups in total. The average Bonchev–Trinajstić information content (AvgIpc) is 2.78. The first-order chi connectivity index (χ1) is 14.9. The molecule has 1 aromatic heterocycles. The molecule has 0 saturated heterocycles. The lowest BCUT2D eigenvalue weighted by Crippen LogP contribution is -2.33. The minimum absolute atomic E-state index is 0.0318. The van der Waals surface area contributed by atoms with Crippen molar-refractivity contribution >= 4 is 32.5 Å². The third kappa shape index (κ3) is 5.11. The van der Waals surface area contributed by atoms with Gasteiger partial charge in [-0.2, -0.15) is 0 Å². The van der Waals surface area contributed by atoms with Crippen molar-refractivity contribution < 1.29 is 13.2 Å². The quantitative estimate of drug-likeness (QED) is 0.603. The summed E-state index contributed by atoms with van der Waals surface area (Å²) in [5.41, 5.74) is 2.41. The van der Waals surface area contributed by atoms with Gasteiger partial charge in [0.05, 0.1) is 5.52 Å². The Balaban J connectivity index is 1.32. The van der Waals surface area contributed by atoms with E-state index in [0.717, 1.165) is 42.3 Å². The van der Waals surface area contributed by atoms with Crippen LogP contribution in [0, 0.1) is 18.8 Å². The number of fused-ring (bicyclic) bond motifs is 1. The van der Waals surface area contributed by atoms with Gasteiger partial charge in [-0.25, -0.2) is 13.1 Å². The molecule has 1 saturated carbocycles. The summed E-state index contributed by atoms with van der Waals surface area (Å²) in [4.78, 5) is 17.0. The van der Waals surface area contributed by atoms with E-state index in [1.807, 2.05) is 43.3 Å². The van der Waals surface area contributed by atoms with Crippen LogP contribution in [0.5, 0.6) is 0 Å². The van der Waals surface area contributed by atoms with Crippen LogP contribution in [0.1, 0.15) is 31.2 Å².